The van der Waals surface area contributed by atoms with Crippen LogP contribution in [-0.4, -0.2) is 32.8 Å². The monoisotopic (exact) mass is 290 g/mol. The molecule has 1 aromatic rings. The summed E-state index contributed by atoms with van der Waals surface area (Å²) in [5.41, 5.74) is 0. The van der Waals surface area contributed by atoms with E-state index in [2.05, 4.69) is 0 Å². The molecule has 0 aliphatic heterocycles. The number of unbranched alkanes of at least 4 members (excludes halogenated alkanes) is 1. The van der Waals surface area contributed by atoms with Crippen LogP contribution in [0.2, 0.25) is 0 Å². The molecule has 1 rings (SSSR count). The van der Waals surface area contributed by atoms with Crippen molar-refractivity contribution >= 4 is 27.3 Å². The molecule has 1 aromatic heterocycles. The highest BCUT2D eigenvalue weighted by atomic mass is 32.2. The Morgan fingerprint density at radius 3 is 2.56 bits per heavy atom. The SMILES string of the molecule is CCCCN(C)C(=O)c1cc(S(N)(=O)=O)c(C)s1. The van der Waals surface area contributed by atoms with Crippen LogP contribution in [0, 0.1) is 6.92 Å². The van der Waals surface area contributed by atoms with Gasteiger partial charge in [-0.15, -0.1) is 11.3 Å². The van der Waals surface area contributed by atoms with Crippen LogP contribution in [-0.2, 0) is 10.0 Å². The van der Waals surface area contributed by atoms with Crippen LogP contribution in [0.15, 0.2) is 11.0 Å². The average molecular weight is 290 g/mol. The highest BCUT2D eigenvalue weighted by molar-refractivity contribution is 7.89. The maximum atomic E-state index is 12.0. The van der Waals surface area contributed by atoms with Crippen LogP contribution in [0.3, 0.4) is 0 Å². The summed E-state index contributed by atoms with van der Waals surface area (Å²) in [6, 6.07) is 1.36. The van der Waals surface area contributed by atoms with Gasteiger partial charge in [0.15, 0.2) is 0 Å². The molecule has 0 radical (unpaired) electrons. The van der Waals surface area contributed by atoms with Crippen molar-refractivity contribution in [3.63, 3.8) is 0 Å². The summed E-state index contributed by atoms with van der Waals surface area (Å²) < 4.78 is 22.6. The molecule has 0 aliphatic carbocycles. The third-order valence-electron chi connectivity index (χ3n) is 2.58. The molecule has 0 bridgehead atoms. The lowest BCUT2D eigenvalue weighted by Crippen LogP contribution is -2.26. The van der Waals surface area contributed by atoms with Gasteiger partial charge >= 0.3 is 0 Å². The first kappa shape index (κ1) is 15.1. The van der Waals surface area contributed by atoms with Crippen molar-refractivity contribution < 1.29 is 13.2 Å². The zero-order chi connectivity index (χ0) is 13.9. The molecule has 0 aromatic carbocycles. The van der Waals surface area contributed by atoms with Gasteiger partial charge in [0.05, 0.1) is 9.77 Å². The van der Waals surface area contributed by atoms with Gasteiger partial charge in [-0.3, -0.25) is 4.79 Å². The molecule has 1 heterocycles. The number of amides is 1. The average Bonchev–Trinajstić information content (AvgIpc) is 2.66. The van der Waals surface area contributed by atoms with Crippen molar-refractivity contribution in [3.8, 4) is 0 Å². The molecule has 5 nitrogen and oxygen atoms in total. The first-order chi connectivity index (χ1) is 8.27. The van der Waals surface area contributed by atoms with E-state index in [1.165, 1.54) is 6.07 Å². The van der Waals surface area contributed by atoms with Gasteiger partial charge in [-0.2, -0.15) is 0 Å². The van der Waals surface area contributed by atoms with E-state index >= 15 is 0 Å². The van der Waals surface area contributed by atoms with Crippen LogP contribution in [0.25, 0.3) is 0 Å². The van der Waals surface area contributed by atoms with Crippen molar-refractivity contribution in [2.75, 3.05) is 13.6 Å². The summed E-state index contributed by atoms with van der Waals surface area (Å²) in [4.78, 5) is 14.6. The first-order valence-electron chi connectivity index (χ1n) is 5.66. The van der Waals surface area contributed by atoms with Gasteiger partial charge in [-0.05, 0) is 19.4 Å². The molecule has 0 spiro atoms. The zero-order valence-electron chi connectivity index (χ0n) is 10.8. The summed E-state index contributed by atoms with van der Waals surface area (Å²) in [5, 5.41) is 5.08. The summed E-state index contributed by atoms with van der Waals surface area (Å²) in [7, 11) is -2.04. The molecule has 18 heavy (non-hydrogen) atoms. The number of carbonyl (C=O) groups excluding carboxylic acids is 1. The minimum atomic E-state index is -3.75. The predicted molar refractivity (Wildman–Crippen MR) is 72.3 cm³/mol. The summed E-state index contributed by atoms with van der Waals surface area (Å²) >= 11 is 1.16. The number of hydrogen-bond acceptors (Lipinski definition) is 4. The Morgan fingerprint density at radius 2 is 2.11 bits per heavy atom. The lowest BCUT2D eigenvalue weighted by atomic mass is 10.3. The van der Waals surface area contributed by atoms with E-state index in [9.17, 15) is 13.2 Å². The number of primary sulfonamides is 1. The highest BCUT2D eigenvalue weighted by Crippen LogP contribution is 2.25. The number of nitrogens with two attached hydrogens (primary N) is 1. The number of aryl methyl sites for hydroxylation is 1. The second kappa shape index (κ2) is 5.81. The highest BCUT2D eigenvalue weighted by Gasteiger charge is 2.20. The lowest BCUT2D eigenvalue weighted by Gasteiger charge is -2.15. The van der Waals surface area contributed by atoms with Gasteiger partial charge in [0.25, 0.3) is 5.91 Å². The van der Waals surface area contributed by atoms with Gasteiger partial charge in [-0.25, -0.2) is 13.6 Å². The van der Waals surface area contributed by atoms with Crippen molar-refractivity contribution in [1.82, 2.24) is 4.90 Å². The largest absolute Gasteiger partial charge is 0.341 e. The maximum absolute atomic E-state index is 12.0. The zero-order valence-corrected chi connectivity index (χ0v) is 12.4. The van der Waals surface area contributed by atoms with E-state index in [1.54, 1.807) is 18.9 Å². The Bertz CT molecular complexity index is 534. The van der Waals surface area contributed by atoms with Crippen molar-refractivity contribution in [3.05, 3.63) is 15.8 Å². The second-order valence-corrected chi connectivity index (χ2v) is 6.94. The van der Waals surface area contributed by atoms with Crippen LogP contribution in [0.5, 0.6) is 0 Å². The smallest absolute Gasteiger partial charge is 0.263 e. The third-order valence-corrected chi connectivity index (χ3v) is 4.79. The van der Waals surface area contributed by atoms with Gasteiger partial charge < -0.3 is 4.90 Å². The second-order valence-electron chi connectivity index (χ2n) is 4.16. The maximum Gasteiger partial charge on any atom is 0.263 e. The Labute approximate surface area is 112 Å². The van der Waals surface area contributed by atoms with Gasteiger partial charge in [0.1, 0.15) is 0 Å². The lowest BCUT2D eigenvalue weighted by molar-refractivity contribution is 0.0798. The Morgan fingerprint density at radius 1 is 1.50 bits per heavy atom. The van der Waals surface area contributed by atoms with Crippen LogP contribution in [0.1, 0.15) is 34.3 Å². The Hall–Kier alpha value is -0.920. The number of nitrogens with zero attached hydrogens (tertiary/aromatic N) is 1. The van der Waals surface area contributed by atoms with Crippen LogP contribution >= 0.6 is 11.3 Å². The molecule has 0 aliphatic rings. The van der Waals surface area contributed by atoms with Crippen LogP contribution < -0.4 is 5.14 Å². The Kier molecular flexibility index (Phi) is 4.89. The number of hydrogen-bond donors (Lipinski definition) is 1. The molecule has 1 amide bonds. The van der Waals surface area contributed by atoms with Crippen molar-refractivity contribution in [2.45, 2.75) is 31.6 Å². The van der Waals surface area contributed by atoms with E-state index in [1.807, 2.05) is 6.92 Å². The fourth-order valence-electron chi connectivity index (χ4n) is 1.54. The minimum absolute atomic E-state index is 0.0414. The van der Waals surface area contributed by atoms with E-state index in [0.717, 1.165) is 24.2 Å². The molecule has 0 saturated heterocycles. The third kappa shape index (κ3) is 3.54. The molecular formula is C11H18N2O3S2. The van der Waals surface area contributed by atoms with Gasteiger partial charge in [-0.1, -0.05) is 13.3 Å². The summed E-state index contributed by atoms with van der Waals surface area (Å²) in [6.07, 6.45) is 1.93. The molecular weight excluding hydrogens is 272 g/mol. The normalized spacial score (nSPS) is 11.6. The summed E-state index contributed by atoms with van der Waals surface area (Å²) in [5.74, 6) is -0.161. The van der Waals surface area contributed by atoms with Gasteiger partial charge in [0.2, 0.25) is 10.0 Å². The molecule has 7 heteroatoms. The number of carbonyl (C=O) groups is 1. The van der Waals surface area contributed by atoms with Gasteiger partial charge in [0, 0.05) is 18.5 Å². The van der Waals surface area contributed by atoms with Crippen molar-refractivity contribution in [2.24, 2.45) is 5.14 Å². The number of rotatable bonds is 5. The van der Waals surface area contributed by atoms with Crippen molar-refractivity contribution in [1.29, 1.82) is 0 Å². The number of thiophene rings is 1. The number of sulfonamides is 1. The standard InChI is InChI=1S/C11H18N2O3S2/c1-4-5-6-13(3)11(14)9-7-10(8(2)17-9)18(12,15)16/h7H,4-6H2,1-3H3,(H2,12,15,16). The fourth-order valence-corrected chi connectivity index (χ4v) is 3.68. The molecule has 2 N–H and O–H groups in total. The van der Waals surface area contributed by atoms with Crippen LogP contribution in [0.4, 0.5) is 0 Å². The van der Waals surface area contributed by atoms with E-state index in [4.69, 9.17) is 5.14 Å². The summed E-state index contributed by atoms with van der Waals surface area (Å²) in [6.45, 7) is 4.36. The topological polar surface area (TPSA) is 80.5 Å². The molecule has 0 atom stereocenters. The van der Waals surface area contributed by atoms with E-state index < -0.39 is 10.0 Å². The molecule has 102 valence electrons. The first-order valence-corrected chi connectivity index (χ1v) is 8.02. The predicted octanol–water partition coefficient (Wildman–Crippen LogP) is 1.58. The molecule has 0 saturated carbocycles. The van der Waals surface area contributed by atoms with E-state index in [0.29, 0.717) is 16.3 Å². The van der Waals surface area contributed by atoms with E-state index in [-0.39, 0.29) is 10.8 Å². The molecule has 0 fully saturated rings. The Balaban J connectivity index is 2.95. The molecule has 0 unspecified atom stereocenters. The minimum Gasteiger partial charge on any atom is -0.341 e. The fraction of sp³-hybridized carbons (Fsp3) is 0.545. The quantitative estimate of drug-likeness (QED) is 0.894.